The number of anilines is 1. The number of carbonyl (C=O) groups is 2. The van der Waals surface area contributed by atoms with E-state index in [4.69, 9.17) is 5.11 Å². The van der Waals surface area contributed by atoms with Crippen LogP contribution in [0.25, 0.3) is 0 Å². The molecular formula is C29H26N2O5S. The molecule has 4 aromatic carbocycles. The van der Waals surface area contributed by atoms with E-state index in [1.165, 1.54) is 28.6 Å². The number of ketones is 1. The molecular weight excluding hydrogens is 488 g/mol. The number of Topliss-reactive ketones (excluding diaryl/α,β-unsaturated/α-hetero) is 1. The van der Waals surface area contributed by atoms with E-state index >= 15 is 0 Å². The number of nitrogens with zero attached hydrogens (tertiary/aromatic N) is 1. The predicted molar refractivity (Wildman–Crippen MR) is 142 cm³/mol. The topological polar surface area (TPSA) is 104 Å². The van der Waals surface area contributed by atoms with Gasteiger partial charge in [-0.25, -0.2) is 13.2 Å². The molecule has 4 aromatic rings. The summed E-state index contributed by atoms with van der Waals surface area (Å²) in [6.45, 7) is 0.428. The Morgan fingerprint density at radius 2 is 1.19 bits per heavy atom. The van der Waals surface area contributed by atoms with Crippen molar-refractivity contribution >= 4 is 27.6 Å². The van der Waals surface area contributed by atoms with E-state index in [0.717, 1.165) is 16.7 Å². The van der Waals surface area contributed by atoms with Crippen LogP contribution in [-0.2, 0) is 29.5 Å². The maximum atomic E-state index is 13.6. The molecule has 0 spiro atoms. The maximum Gasteiger partial charge on any atom is 0.409 e. The van der Waals surface area contributed by atoms with Crippen LogP contribution in [0.3, 0.4) is 0 Å². The van der Waals surface area contributed by atoms with Crippen LogP contribution in [0.15, 0.2) is 114 Å². The molecule has 2 N–H and O–H groups in total. The number of carbonyl (C=O) groups excluding carboxylic acids is 1. The maximum absolute atomic E-state index is 13.6. The summed E-state index contributed by atoms with van der Waals surface area (Å²) >= 11 is 0. The van der Waals surface area contributed by atoms with Gasteiger partial charge in [-0.2, -0.15) is 4.31 Å². The third-order valence-corrected chi connectivity index (χ3v) is 7.59. The van der Waals surface area contributed by atoms with E-state index in [2.05, 4.69) is 5.32 Å². The summed E-state index contributed by atoms with van der Waals surface area (Å²) in [6.07, 6.45) is -1.06. The van der Waals surface area contributed by atoms with E-state index in [-0.39, 0.29) is 30.2 Å². The minimum absolute atomic E-state index is 0.105. The lowest BCUT2D eigenvalue weighted by atomic mass is 10.0. The van der Waals surface area contributed by atoms with Crippen LogP contribution in [0, 0.1) is 0 Å². The van der Waals surface area contributed by atoms with Crippen molar-refractivity contribution in [1.82, 2.24) is 4.31 Å². The second-order valence-corrected chi connectivity index (χ2v) is 10.4. The lowest BCUT2D eigenvalue weighted by Crippen LogP contribution is -2.30. The van der Waals surface area contributed by atoms with Crippen LogP contribution in [0.4, 0.5) is 10.5 Å². The predicted octanol–water partition coefficient (Wildman–Crippen LogP) is 5.59. The number of sulfonamides is 1. The summed E-state index contributed by atoms with van der Waals surface area (Å²) in [5.41, 5.74) is 3.27. The minimum atomic E-state index is -3.85. The molecule has 4 rings (SSSR count). The first-order valence-corrected chi connectivity index (χ1v) is 13.1. The number of hydrogen-bond acceptors (Lipinski definition) is 4. The molecule has 7 nitrogen and oxygen atoms in total. The molecule has 0 saturated carbocycles. The zero-order valence-corrected chi connectivity index (χ0v) is 20.8. The lowest BCUT2D eigenvalue weighted by Gasteiger charge is -2.23. The fraction of sp³-hybridized carbons (Fsp3) is 0.103. The molecule has 0 aromatic heterocycles. The van der Waals surface area contributed by atoms with E-state index in [9.17, 15) is 18.0 Å². The van der Waals surface area contributed by atoms with Crippen LogP contribution >= 0.6 is 0 Å². The van der Waals surface area contributed by atoms with Crippen molar-refractivity contribution < 1.29 is 23.1 Å². The fourth-order valence-electron chi connectivity index (χ4n) is 3.88. The van der Waals surface area contributed by atoms with Crippen molar-refractivity contribution in [1.29, 1.82) is 0 Å². The molecule has 0 atom stereocenters. The van der Waals surface area contributed by atoms with E-state index in [1.54, 1.807) is 24.3 Å². The number of rotatable bonds is 10. The number of benzene rings is 4. The molecule has 1 amide bonds. The normalized spacial score (nSPS) is 11.3. The highest BCUT2D eigenvalue weighted by Gasteiger charge is 2.25. The van der Waals surface area contributed by atoms with Crippen LogP contribution < -0.4 is 5.32 Å². The van der Waals surface area contributed by atoms with Gasteiger partial charge in [-0.05, 0) is 41.0 Å². The highest BCUT2D eigenvalue weighted by Crippen LogP contribution is 2.22. The van der Waals surface area contributed by atoms with Crippen molar-refractivity contribution in [3.63, 3.8) is 0 Å². The molecule has 0 aliphatic heterocycles. The summed E-state index contributed by atoms with van der Waals surface area (Å²) in [4.78, 5) is 23.6. The van der Waals surface area contributed by atoms with Gasteiger partial charge in [0, 0.05) is 30.8 Å². The highest BCUT2D eigenvalue weighted by molar-refractivity contribution is 7.89. The van der Waals surface area contributed by atoms with Gasteiger partial charge in [0.1, 0.15) is 0 Å². The molecule has 8 heteroatoms. The molecule has 0 radical (unpaired) electrons. The molecule has 0 aliphatic rings. The number of carboxylic acid groups (broad SMARTS) is 1. The van der Waals surface area contributed by atoms with E-state index in [0.29, 0.717) is 11.3 Å². The SMILES string of the molecule is O=C(O)Nc1ccc(CC(=O)c2ccc(S(=O)(=O)N(Cc3ccccc3)Cc3ccccc3)cc2)cc1. The Labute approximate surface area is 216 Å². The van der Waals surface area contributed by atoms with Gasteiger partial charge in [-0.1, -0.05) is 84.9 Å². The summed E-state index contributed by atoms with van der Waals surface area (Å²) < 4.78 is 28.7. The van der Waals surface area contributed by atoms with Gasteiger partial charge < -0.3 is 5.11 Å². The fourth-order valence-corrected chi connectivity index (χ4v) is 5.29. The molecule has 0 unspecified atom stereocenters. The Hall–Kier alpha value is -4.27. The van der Waals surface area contributed by atoms with Crippen LogP contribution in [0.5, 0.6) is 0 Å². The Morgan fingerprint density at radius 1 is 0.676 bits per heavy atom. The van der Waals surface area contributed by atoms with E-state index < -0.39 is 16.1 Å². The van der Waals surface area contributed by atoms with Gasteiger partial charge in [0.2, 0.25) is 10.0 Å². The molecule has 37 heavy (non-hydrogen) atoms. The quantitative estimate of drug-likeness (QED) is 0.268. The number of amides is 1. The first-order chi connectivity index (χ1) is 17.8. The van der Waals surface area contributed by atoms with Gasteiger partial charge in [0.15, 0.2) is 5.78 Å². The summed E-state index contributed by atoms with van der Waals surface area (Å²) in [5.74, 6) is -0.173. The van der Waals surface area contributed by atoms with Gasteiger partial charge in [0.25, 0.3) is 0 Å². The number of hydrogen-bond donors (Lipinski definition) is 2. The summed E-state index contributed by atoms with van der Waals surface area (Å²) in [7, 11) is -3.85. The molecule has 0 fully saturated rings. The molecule has 188 valence electrons. The van der Waals surface area contributed by atoms with Crippen molar-refractivity contribution in [2.45, 2.75) is 24.4 Å². The average molecular weight is 515 g/mol. The Kier molecular flexibility index (Phi) is 8.12. The molecule has 0 saturated heterocycles. The largest absolute Gasteiger partial charge is 0.465 e. The summed E-state index contributed by atoms with van der Waals surface area (Å²) in [6, 6.07) is 31.3. The second-order valence-electron chi connectivity index (χ2n) is 8.50. The zero-order valence-electron chi connectivity index (χ0n) is 19.9. The Balaban J connectivity index is 1.51. The van der Waals surface area contributed by atoms with Crippen molar-refractivity contribution in [2.75, 3.05) is 5.32 Å². The van der Waals surface area contributed by atoms with Crippen LogP contribution in [0.2, 0.25) is 0 Å². The smallest absolute Gasteiger partial charge is 0.409 e. The Bertz CT molecular complexity index is 1410. The standard InChI is InChI=1S/C29H26N2O5S/c32-28(19-22-11-15-26(16-12-22)30-29(33)34)25-13-17-27(18-14-25)37(35,36)31(20-23-7-3-1-4-8-23)21-24-9-5-2-6-10-24/h1-18,30H,19-21H2,(H,33,34). The zero-order chi connectivity index (χ0) is 26.3. The third-order valence-electron chi connectivity index (χ3n) is 5.79. The second kappa shape index (κ2) is 11.6. The molecule has 0 bridgehead atoms. The molecule has 0 heterocycles. The van der Waals surface area contributed by atoms with Gasteiger partial charge in [-0.3, -0.25) is 10.1 Å². The van der Waals surface area contributed by atoms with Crippen LogP contribution in [-0.4, -0.2) is 29.7 Å². The highest BCUT2D eigenvalue weighted by atomic mass is 32.2. The number of nitrogens with one attached hydrogen (secondary N) is 1. The third kappa shape index (κ3) is 6.91. The first-order valence-electron chi connectivity index (χ1n) is 11.6. The van der Waals surface area contributed by atoms with Crippen molar-refractivity contribution in [3.8, 4) is 0 Å². The monoisotopic (exact) mass is 514 g/mol. The van der Waals surface area contributed by atoms with Gasteiger partial charge >= 0.3 is 6.09 Å². The minimum Gasteiger partial charge on any atom is -0.465 e. The lowest BCUT2D eigenvalue weighted by molar-refractivity contribution is 0.0992. The van der Waals surface area contributed by atoms with Crippen molar-refractivity contribution in [2.24, 2.45) is 0 Å². The first kappa shape index (κ1) is 25.8. The Morgan fingerprint density at radius 3 is 1.68 bits per heavy atom. The van der Waals surface area contributed by atoms with Gasteiger partial charge in [-0.15, -0.1) is 0 Å². The van der Waals surface area contributed by atoms with E-state index in [1.807, 2.05) is 60.7 Å². The summed E-state index contributed by atoms with van der Waals surface area (Å²) in [5, 5.41) is 11.0. The van der Waals surface area contributed by atoms with Crippen molar-refractivity contribution in [3.05, 3.63) is 131 Å². The molecule has 0 aliphatic carbocycles. The van der Waals surface area contributed by atoms with Crippen LogP contribution in [0.1, 0.15) is 27.0 Å². The van der Waals surface area contributed by atoms with Gasteiger partial charge in [0.05, 0.1) is 4.90 Å². The average Bonchev–Trinajstić information content (AvgIpc) is 2.90.